The fraction of sp³-hybridized carbons (Fsp3) is 0.769. The molecule has 0 radical (unpaired) electrons. The molecule has 0 saturated carbocycles. The third-order valence-electron chi connectivity index (χ3n) is 4.05. The van der Waals surface area contributed by atoms with E-state index in [9.17, 15) is 0 Å². The molecule has 0 spiro atoms. The van der Waals surface area contributed by atoms with Gasteiger partial charge in [0, 0.05) is 25.3 Å². The first-order valence-electron chi connectivity index (χ1n) is 7.04. The lowest BCUT2D eigenvalue weighted by atomic mass is 10.0. The molecule has 108 valence electrons. The Hall–Kier alpha value is -0.950. The third-order valence-corrected chi connectivity index (χ3v) is 4.05. The normalized spacial score (nSPS) is 24.3. The quantitative estimate of drug-likeness (QED) is 0.595. The van der Waals surface area contributed by atoms with Crippen molar-refractivity contribution in [2.75, 3.05) is 33.7 Å². The first-order chi connectivity index (χ1) is 9.17. The third kappa shape index (κ3) is 3.14. The molecule has 2 heterocycles. The second kappa shape index (κ2) is 6.47. The van der Waals surface area contributed by atoms with Crippen LogP contribution in [0.25, 0.3) is 0 Å². The average Bonchev–Trinajstić information content (AvgIpc) is 2.79. The minimum absolute atomic E-state index is 0.105. The molecule has 1 aliphatic rings. The number of aromatic nitrogens is 2. The van der Waals surface area contributed by atoms with Gasteiger partial charge in [0.1, 0.15) is 0 Å². The first kappa shape index (κ1) is 14.5. The van der Waals surface area contributed by atoms with Crippen LogP contribution in [0.3, 0.4) is 0 Å². The molecule has 1 aromatic rings. The molecule has 2 rings (SSSR count). The molecule has 1 saturated heterocycles. The smallest absolute Gasteiger partial charge is 0.0796 e. The van der Waals surface area contributed by atoms with Gasteiger partial charge < -0.3 is 9.80 Å². The van der Waals surface area contributed by atoms with Gasteiger partial charge >= 0.3 is 0 Å². The van der Waals surface area contributed by atoms with Crippen molar-refractivity contribution in [3.63, 3.8) is 0 Å². The van der Waals surface area contributed by atoms with Crippen molar-refractivity contribution in [2.24, 2.45) is 5.84 Å². The van der Waals surface area contributed by atoms with Gasteiger partial charge in [0.15, 0.2) is 0 Å². The topological polar surface area (TPSA) is 62.4 Å². The van der Waals surface area contributed by atoms with Crippen LogP contribution in [-0.2, 0) is 6.54 Å². The van der Waals surface area contributed by atoms with Crippen LogP contribution in [0.15, 0.2) is 12.3 Å². The molecule has 1 aliphatic heterocycles. The average molecular weight is 266 g/mol. The summed E-state index contributed by atoms with van der Waals surface area (Å²) in [7, 11) is 4.36. The summed E-state index contributed by atoms with van der Waals surface area (Å²) in [5.74, 6) is 5.84. The van der Waals surface area contributed by atoms with Gasteiger partial charge in [-0.3, -0.25) is 10.5 Å². The summed E-state index contributed by atoms with van der Waals surface area (Å²) in [6, 6.07) is 2.53. The van der Waals surface area contributed by atoms with Gasteiger partial charge in [-0.2, -0.15) is 5.10 Å². The Labute approximate surface area is 115 Å². The van der Waals surface area contributed by atoms with E-state index in [1.807, 2.05) is 10.9 Å². The maximum Gasteiger partial charge on any atom is 0.0796 e. The maximum absolute atomic E-state index is 5.84. The molecule has 2 unspecified atom stereocenters. The Kier molecular flexibility index (Phi) is 4.93. The molecule has 0 aromatic carbocycles. The zero-order valence-corrected chi connectivity index (χ0v) is 12.2. The Bertz CT molecular complexity index is 390. The van der Waals surface area contributed by atoms with E-state index >= 15 is 0 Å². The van der Waals surface area contributed by atoms with E-state index in [0.717, 1.165) is 31.9 Å². The van der Waals surface area contributed by atoms with Gasteiger partial charge in [0.05, 0.1) is 11.7 Å². The maximum atomic E-state index is 5.84. The van der Waals surface area contributed by atoms with Crippen molar-refractivity contribution in [2.45, 2.75) is 32.0 Å². The van der Waals surface area contributed by atoms with Crippen LogP contribution in [0, 0.1) is 0 Å². The highest BCUT2D eigenvalue weighted by atomic mass is 15.3. The predicted molar refractivity (Wildman–Crippen MR) is 76.5 cm³/mol. The van der Waals surface area contributed by atoms with E-state index in [-0.39, 0.29) is 6.04 Å². The van der Waals surface area contributed by atoms with Crippen molar-refractivity contribution in [1.29, 1.82) is 0 Å². The zero-order chi connectivity index (χ0) is 13.8. The van der Waals surface area contributed by atoms with Crippen LogP contribution in [0.1, 0.15) is 25.1 Å². The zero-order valence-electron chi connectivity index (χ0n) is 12.2. The second-order valence-electron chi connectivity index (χ2n) is 5.38. The predicted octanol–water partition coefficient (Wildman–Crippen LogP) is 0.0433. The van der Waals surface area contributed by atoms with Crippen LogP contribution < -0.4 is 11.3 Å². The van der Waals surface area contributed by atoms with E-state index in [1.165, 1.54) is 6.42 Å². The molecule has 3 N–H and O–H groups in total. The lowest BCUT2D eigenvalue weighted by Gasteiger charge is -2.34. The van der Waals surface area contributed by atoms with Crippen molar-refractivity contribution < 1.29 is 0 Å². The Morgan fingerprint density at radius 1 is 1.47 bits per heavy atom. The van der Waals surface area contributed by atoms with Crippen molar-refractivity contribution >= 4 is 0 Å². The van der Waals surface area contributed by atoms with Gasteiger partial charge in [0.25, 0.3) is 0 Å². The Morgan fingerprint density at radius 2 is 2.26 bits per heavy atom. The number of aryl methyl sites for hydroxylation is 1. The number of nitrogens with one attached hydrogen (secondary N) is 1. The Morgan fingerprint density at radius 3 is 2.95 bits per heavy atom. The molecule has 1 aromatic heterocycles. The largest absolute Gasteiger partial charge is 0.305 e. The molecule has 0 bridgehead atoms. The summed E-state index contributed by atoms with van der Waals surface area (Å²) in [5.41, 5.74) is 4.16. The highest BCUT2D eigenvalue weighted by Crippen LogP contribution is 2.22. The van der Waals surface area contributed by atoms with Crippen LogP contribution in [0.5, 0.6) is 0 Å². The van der Waals surface area contributed by atoms with Crippen molar-refractivity contribution in [3.05, 3.63) is 18.0 Å². The van der Waals surface area contributed by atoms with Gasteiger partial charge in [-0.05, 0) is 46.6 Å². The molecule has 2 atom stereocenters. The van der Waals surface area contributed by atoms with E-state index in [2.05, 4.69) is 47.4 Å². The number of hydrogen-bond donors (Lipinski definition) is 2. The van der Waals surface area contributed by atoms with Gasteiger partial charge in [-0.25, -0.2) is 5.43 Å². The number of nitrogens with zero attached hydrogens (tertiary/aromatic N) is 4. The molecule has 0 amide bonds. The fourth-order valence-electron chi connectivity index (χ4n) is 2.93. The van der Waals surface area contributed by atoms with E-state index in [1.54, 1.807) is 0 Å². The number of hydrazine groups is 1. The van der Waals surface area contributed by atoms with Crippen LogP contribution in [-0.4, -0.2) is 59.4 Å². The van der Waals surface area contributed by atoms with E-state index in [0.29, 0.717) is 6.04 Å². The van der Waals surface area contributed by atoms with Crippen LogP contribution in [0.2, 0.25) is 0 Å². The summed E-state index contributed by atoms with van der Waals surface area (Å²) in [6.07, 6.45) is 3.05. The Balaban J connectivity index is 2.24. The number of rotatable bonds is 4. The monoisotopic (exact) mass is 266 g/mol. The second-order valence-corrected chi connectivity index (χ2v) is 5.38. The van der Waals surface area contributed by atoms with E-state index in [4.69, 9.17) is 5.84 Å². The summed E-state index contributed by atoms with van der Waals surface area (Å²) < 4.78 is 2.02. The summed E-state index contributed by atoms with van der Waals surface area (Å²) in [4.78, 5) is 4.78. The van der Waals surface area contributed by atoms with Crippen molar-refractivity contribution in [3.8, 4) is 0 Å². The van der Waals surface area contributed by atoms with Crippen LogP contribution >= 0.6 is 0 Å². The number of hydrogen-bond acceptors (Lipinski definition) is 5. The molecule has 1 fully saturated rings. The minimum atomic E-state index is 0.105. The van der Waals surface area contributed by atoms with Gasteiger partial charge in [0.2, 0.25) is 0 Å². The standard InChI is InChI=1S/C13H26N6/c1-4-19-11(6-7-15-19)13(16-14)12-10-17(2)8-5-9-18(12)3/h6-7,12-13,16H,4-5,8-10,14H2,1-3H3. The highest BCUT2D eigenvalue weighted by molar-refractivity contribution is 5.11. The SMILES string of the molecule is CCn1nccc1C(NN)C1CN(C)CCCN1C. The lowest BCUT2D eigenvalue weighted by molar-refractivity contribution is 0.174. The van der Waals surface area contributed by atoms with Crippen LogP contribution in [0.4, 0.5) is 0 Å². The molecule has 19 heavy (non-hydrogen) atoms. The number of likely N-dealkylation sites (N-methyl/N-ethyl adjacent to an activating group) is 2. The molecule has 6 nitrogen and oxygen atoms in total. The summed E-state index contributed by atoms with van der Waals surface area (Å²) in [6.45, 7) is 6.23. The van der Waals surface area contributed by atoms with Crippen molar-refractivity contribution in [1.82, 2.24) is 25.0 Å². The number of nitrogens with two attached hydrogens (primary N) is 1. The molecular formula is C13H26N6. The minimum Gasteiger partial charge on any atom is -0.305 e. The molecule has 0 aliphatic carbocycles. The highest BCUT2D eigenvalue weighted by Gasteiger charge is 2.30. The molecular weight excluding hydrogens is 240 g/mol. The summed E-state index contributed by atoms with van der Waals surface area (Å²) in [5, 5.41) is 4.35. The van der Waals surface area contributed by atoms with Gasteiger partial charge in [-0.15, -0.1) is 0 Å². The molecule has 6 heteroatoms. The van der Waals surface area contributed by atoms with Gasteiger partial charge in [-0.1, -0.05) is 0 Å². The fourth-order valence-corrected chi connectivity index (χ4v) is 2.93. The first-order valence-corrected chi connectivity index (χ1v) is 7.04. The van der Waals surface area contributed by atoms with E-state index < -0.39 is 0 Å². The summed E-state index contributed by atoms with van der Waals surface area (Å²) >= 11 is 0. The lowest BCUT2D eigenvalue weighted by Crippen LogP contribution is -2.49.